The molecule has 2 bridgehead atoms. The van der Waals surface area contributed by atoms with E-state index in [2.05, 4.69) is 29.2 Å². The summed E-state index contributed by atoms with van der Waals surface area (Å²) in [6.07, 6.45) is 8.56. The molecule has 98 valence electrons. The lowest BCUT2D eigenvalue weighted by Crippen LogP contribution is -2.51. The zero-order chi connectivity index (χ0) is 11.8. The fourth-order valence-corrected chi connectivity index (χ4v) is 4.45. The van der Waals surface area contributed by atoms with Gasteiger partial charge in [-0.1, -0.05) is 0 Å². The molecule has 3 unspecified atom stereocenters. The van der Waals surface area contributed by atoms with Crippen LogP contribution in [0.1, 0.15) is 38.5 Å². The highest BCUT2D eigenvalue weighted by molar-refractivity contribution is 4.99. The van der Waals surface area contributed by atoms with E-state index < -0.39 is 0 Å². The van der Waals surface area contributed by atoms with Gasteiger partial charge in [-0.15, -0.1) is 0 Å². The normalized spacial score (nSPS) is 43.4. The number of hydrogen-bond donors (Lipinski definition) is 1. The highest BCUT2D eigenvalue weighted by atomic mass is 15.3. The lowest BCUT2D eigenvalue weighted by molar-refractivity contribution is 0.0682. The first kappa shape index (κ1) is 11.9. The van der Waals surface area contributed by atoms with Crippen LogP contribution in [0.4, 0.5) is 0 Å². The van der Waals surface area contributed by atoms with Crippen LogP contribution in [-0.4, -0.2) is 61.2 Å². The number of likely N-dealkylation sites (N-methyl/N-ethyl adjacent to an activating group) is 1. The molecule has 3 heterocycles. The molecular weight excluding hydrogens is 210 g/mol. The van der Waals surface area contributed by atoms with Gasteiger partial charge in [0.2, 0.25) is 0 Å². The highest BCUT2D eigenvalue weighted by Gasteiger charge is 2.42. The number of likely N-dealkylation sites (tertiary alicyclic amines) is 1. The van der Waals surface area contributed by atoms with E-state index in [0.29, 0.717) is 0 Å². The van der Waals surface area contributed by atoms with Gasteiger partial charge in [-0.25, -0.2) is 0 Å². The van der Waals surface area contributed by atoms with Gasteiger partial charge in [-0.05, 0) is 59.2 Å². The molecule has 3 saturated heterocycles. The second kappa shape index (κ2) is 4.87. The van der Waals surface area contributed by atoms with Gasteiger partial charge in [0, 0.05) is 30.7 Å². The van der Waals surface area contributed by atoms with Crippen molar-refractivity contribution in [3.05, 3.63) is 0 Å². The zero-order valence-corrected chi connectivity index (χ0v) is 11.4. The Bertz CT molecular complexity index is 254. The van der Waals surface area contributed by atoms with Gasteiger partial charge in [-0.3, -0.25) is 4.90 Å². The molecule has 3 aliphatic rings. The molecule has 0 spiro atoms. The molecular formula is C14H27N3. The lowest BCUT2D eigenvalue weighted by atomic mass is 9.96. The number of nitrogens with zero attached hydrogens (tertiary/aromatic N) is 2. The molecule has 3 heteroatoms. The number of fused-ring (bicyclic) bond motifs is 2. The van der Waals surface area contributed by atoms with E-state index in [1.165, 1.54) is 51.6 Å². The molecule has 1 N–H and O–H groups in total. The molecule has 0 aliphatic carbocycles. The first-order valence-electron chi connectivity index (χ1n) is 7.42. The Labute approximate surface area is 106 Å². The Morgan fingerprint density at radius 3 is 2.41 bits per heavy atom. The first-order chi connectivity index (χ1) is 8.29. The molecule has 17 heavy (non-hydrogen) atoms. The summed E-state index contributed by atoms with van der Waals surface area (Å²) in [4.78, 5) is 5.48. The summed E-state index contributed by atoms with van der Waals surface area (Å²) in [7, 11) is 4.43. The van der Waals surface area contributed by atoms with E-state index in [0.717, 1.165) is 24.2 Å². The monoisotopic (exact) mass is 237 g/mol. The minimum atomic E-state index is 0.813. The van der Waals surface area contributed by atoms with E-state index in [9.17, 15) is 0 Å². The molecule has 3 nitrogen and oxygen atoms in total. The van der Waals surface area contributed by atoms with Crippen molar-refractivity contribution in [1.82, 2.24) is 15.1 Å². The van der Waals surface area contributed by atoms with Gasteiger partial charge in [-0.2, -0.15) is 0 Å². The summed E-state index contributed by atoms with van der Waals surface area (Å²) in [5.41, 5.74) is 0. The predicted molar refractivity (Wildman–Crippen MR) is 71.2 cm³/mol. The van der Waals surface area contributed by atoms with E-state index in [-0.39, 0.29) is 0 Å². The molecule has 0 aromatic carbocycles. The van der Waals surface area contributed by atoms with Crippen molar-refractivity contribution < 1.29 is 0 Å². The maximum absolute atomic E-state index is 3.37. The molecule has 3 fully saturated rings. The fourth-order valence-electron chi connectivity index (χ4n) is 4.45. The maximum atomic E-state index is 3.37. The van der Waals surface area contributed by atoms with E-state index in [4.69, 9.17) is 0 Å². The topological polar surface area (TPSA) is 18.5 Å². The van der Waals surface area contributed by atoms with Gasteiger partial charge in [0.05, 0.1) is 0 Å². The van der Waals surface area contributed by atoms with Gasteiger partial charge >= 0.3 is 0 Å². The summed E-state index contributed by atoms with van der Waals surface area (Å²) in [6.45, 7) is 2.53. The SMILES string of the molecule is CNCC1CCCN1C1CC2CCC(C1)N2C. The van der Waals surface area contributed by atoms with Crippen molar-refractivity contribution in [2.45, 2.75) is 62.7 Å². The Hall–Kier alpha value is -0.120. The third kappa shape index (κ3) is 2.13. The van der Waals surface area contributed by atoms with Crippen molar-refractivity contribution in [3.63, 3.8) is 0 Å². The lowest BCUT2D eigenvalue weighted by Gasteiger charge is -2.42. The number of hydrogen-bond acceptors (Lipinski definition) is 3. The van der Waals surface area contributed by atoms with Crippen LogP contribution < -0.4 is 5.32 Å². The quantitative estimate of drug-likeness (QED) is 0.798. The summed E-state index contributed by atoms with van der Waals surface area (Å²) in [6, 6.07) is 3.46. The Kier molecular flexibility index (Phi) is 3.42. The average molecular weight is 237 g/mol. The largest absolute Gasteiger partial charge is 0.318 e. The molecule has 0 aromatic heterocycles. The summed E-state index contributed by atoms with van der Waals surface area (Å²) >= 11 is 0. The smallest absolute Gasteiger partial charge is 0.0223 e. The van der Waals surface area contributed by atoms with Crippen LogP contribution in [0, 0.1) is 0 Å². The molecule has 0 saturated carbocycles. The molecule has 0 aromatic rings. The van der Waals surface area contributed by atoms with Gasteiger partial charge in [0.25, 0.3) is 0 Å². The van der Waals surface area contributed by atoms with Crippen molar-refractivity contribution in [2.75, 3.05) is 27.2 Å². The van der Waals surface area contributed by atoms with Crippen LogP contribution in [0.5, 0.6) is 0 Å². The average Bonchev–Trinajstić information content (AvgIpc) is 2.83. The van der Waals surface area contributed by atoms with Gasteiger partial charge in [0.1, 0.15) is 0 Å². The summed E-state index contributed by atoms with van der Waals surface area (Å²) in [5.74, 6) is 0. The standard InChI is InChI=1S/C14H27N3/c1-15-10-13-4-3-7-17(13)14-8-11-5-6-12(9-14)16(11)2/h11-15H,3-10H2,1-2H3. The van der Waals surface area contributed by atoms with Crippen molar-refractivity contribution in [3.8, 4) is 0 Å². The van der Waals surface area contributed by atoms with E-state index in [1.807, 2.05) is 0 Å². The Morgan fingerprint density at radius 2 is 1.76 bits per heavy atom. The third-order valence-electron chi connectivity index (χ3n) is 5.40. The molecule has 3 rings (SSSR count). The highest BCUT2D eigenvalue weighted by Crippen LogP contribution is 2.38. The first-order valence-corrected chi connectivity index (χ1v) is 7.42. The van der Waals surface area contributed by atoms with Crippen LogP contribution in [0.2, 0.25) is 0 Å². The summed E-state index contributed by atoms with van der Waals surface area (Å²) in [5, 5.41) is 3.37. The zero-order valence-electron chi connectivity index (χ0n) is 11.4. The van der Waals surface area contributed by atoms with Crippen LogP contribution in [0.3, 0.4) is 0 Å². The fraction of sp³-hybridized carbons (Fsp3) is 1.00. The third-order valence-corrected chi connectivity index (χ3v) is 5.40. The second-order valence-corrected chi connectivity index (χ2v) is 6.27. The Balaban J connectivity index is 1.65. The van der Waals surface area contributed by atoms with Crippen LogP contribution >= 0.6 is 0 Å². The predicted octanol–water partition coefficient (Wildman–Crippen LogP) is 1.30. The number of rotatable bonds is 3. The Morgan fingerprint density at radius 1 is 1.06 bits per heavy atom. The summed E-state index contributed by atoms with van der Waals surface area (Å²) < 4.78 is 0. The van der Waals surface area contributed by atoms with Crippen LogP contribution in [-0.2, 0) is 0 Å². The van der Waals surface area contributed by atoms with Crippen molar-refractivity contribution in [1.29, 1.82) is 0 Å². The van der Waals surface area contributed by atoms with Gasteiger partial charge < -0.3 is 10.2 Å². The minimum Gasteiger partial charge on any atom is -0.318 e. The molecule has 3 atom stereocenters. The van der Waals surface area contributed by atoms with Crippen LogP contribution in [0.15, 0.2) is 0 Å². The number of piperidine rings is 1. The molecule has 0 radical (unpaired) electrons. The second-order valence-electron chi connectivity index (χ2n) is 6.27. The van der Waals surface area contributed by atoms with E-state index >= 15 is 0 Å². The number of nitrogens with one attached hydrogen (secondary N) is 1. The maximum Gasteiger partial charge on any atom is 0.0223 e. The van der Waals surface area contributed by atoms with Gasteiger partial charge in [0.15, 0.2) is 0 Å². The van der Waals surface area contributed by atoms with Crippen molar-refractivity contribution in [2.24, 2.45) is 0 Å². The molecule has 0 amide bonds. The minimum absolute atomic E-state index is 0.813. The van der Waals surface area contributed by atoms with Crippen LogP contribution in [0.25, 0.3) is 0 Å². The molecule has 3 aliphatic heterocycles. The van der Waals surface area contributed by atoms with E-state index in [1.54, 1.807) is 0 Å². The van der Waals surface area contributed by atoms with Crippen molar-refractivity contribution >= 4 is 0 Å².